The van der Waals surface area contributed by atoms with E-state index in [0.717, 1.165) is 22.8 Å². The predicted octanol–water partition coefficient (Wildman–Crippen LogP) is 3.45. The van der Waals surface area contributed by atoms with Crippen LogP contribution >= 0.6 is 23.1 Å². The highest BCUT2D eigenvalue weighted by atomic mass is 32.2. The van der Waals surface area contributed by atoms with Crippen LogP contribution in [0.1, 0.15) is 12.5 Å². The van der Waals surface area contributed by atoms with Gasteiger partial charge in [-0.15, -0.1) is 21.5 Å². The third kappa shape index (κ3) is 3.86. The lowest BCUT2D eigenvalue weighted by Crippen LogP contribution is -2.12. The molecular weight excluding hydrogens is 328 g/mol. The number of nitrogens with zero attached hydrogens (tertiary/aromatic N) is 3. The molecule has 7 heteroatoms. The molecule has 0 fully saturated rings. The number of thiophene rings is 1. The van der Waals surface area contributed by atoms with Gasteiger partial charge >= 0.3 is 0 Å². The third-order valence-electron chi connectivity index (χ3n) is 3.30. The highest BCUT2D eigenvalue weighted by Crippen LogP contribution is 2.25. The van der Waals surface area contributed by atoms with E-state index in [0.29, 0.717) is 17.6 Å². The Morgan fingerprint density at radius 2 is 2.17 bits per heavy atom. The van der Waals surface area contributed by atoms with E-state index in [1.807, 2.05) is 29.6 Å². The van der Waals surface area contributed by atoms with E-state index in [4.69, 9.17) is 10.6 Å². The zero-order valence-corrected chi connectivity index (χ0v) is 14.4. The van der Waals surface area contributed by atoms with E-state index >= 15 is 0 Å². The first kappa shape index (κ1) is 15.9. The second kappa shape index (κ2) is 7.52. The molecule has 2 heterocycles. The van der Waals surface area contributed by atoms with Crippen molar-refractivity contribution in [1.82, 2.24) is 14.9 Å². The second-order valence-corrected chi connectivity index (χ2v) is 6.86. The van der Waals surface area contributed by atoms with Gasteiger partial charge in [-0.05, 0) is 35.6 Å². The van der Waals surface area contributed by atoms with Gasteiger partial charge in [0.15, 0.2) is 5.82 Å². The van der Waals surface area contributed by atoms with Crippen LogP contribution in [-0.4, -0.2) is 27.2 Å². The van der Waals surface area contributed by atoms with Crippen LogP contribution in [0.2, 0.25) is 0 Å². The Balaban J connectivity index is 1.53. The van der Waals surface area contributed by atoms with Crippen molar-refractivity contribution in [2.24, 2.45) is 0 Å². The number of aromatic nitrogens is 3. The molecule has 3 aromatic rings. The van der Waals surface area contributed by atoms with Crippen molar-refractivity contribution in [1.29, 1.82) is 0 Å². The number of thioether (sulfide) groups is 1. The fraction of sp³-hybridized carbons (Fsp3) is 0.250. The van der Waals surface area contributed by atoms with Gasteiger partial charge in [0.2, 0.25) is 5.16 Å². The Kier molecular flexibility index (Phi) is 5.19. The molecule has 0 aliphatic heterocycles. The predicted molar refractivity (Wildman–Crippen MR) is 95.5 cm³/mol. The monoisotopic (exact) mass is 346 g/mol. The summed E-state index contributed by atoms with van der Waals surface area (Å²) >= 11 is 3.13. The first-order valence-electron chi connectivity index (χ1n) is 7.37. The van der Waals surface area contributed by atoms with Crippen LogP contribution < -0.4 is 10.6 Å². The van der Waals surface area contributed by atoms with E-state index in [1.165, 1.54) is 22.0 Å². The molecule has 2 aromatic heterocycles. The maximum atomic E-state index is 6.06. The zero-order chi connectivity index (χ0) is 16.1. The molecule has 0 atom stereocenters. The lowest BCUT2D eigenvalue weighted by atomic mass is 10.2. The summed E-state index contributed by atoms with van der Waals surface area (Å²) < 4.78 is 7.31. The standard InChI is InChI=1S/C16H18N4OS2/c1-2-12-5-3-6-13(11-12)21-8-10-23-16-19-18-15(20(16)17)14-7-4-9-22-14/h3-7,9,11H,2,8,10,17H2,1H3. The van der Waals surface area contributed by atoms with E-state index < -0.39 is 0 Å². The van der Waals surface area contributed by atoms with E-state index in [1.54, 1.807) is 11.3 Å². The number of benzene rings is 1. The van der Waals surface area contributed by atoms with Gasteiger partial charge < -0.3 is 10.6 Å². The minimum absolute atomic E-state index is 0.596. The number of hydrogen-bond donors (Lipinski definition) is 1. The number of ether oxygens (including phenoxy) is 1. The molecule has 0 saturated heterocycles. The molecule has 0 bridgehead atoms. The van der Waals surface area contributed by atoms with Crippen LogP contribution in [0.15, 0.2) is 46.9 Å². The first-order chi connectivity index (χ1) is 11.3. The van der Waals surface area contributed by atoms with Crippen LogP contribution in [-0.2, 0) is 6.42 Å². The molecule has 0 radical (unpaired) electrons. The summed E-state index contributed by atoms with van der Waals surface area (Å²) in [5.41, 5.74) is 1.28. The van der Waals surface area contributed by atoms with Crippen molar-refractivity contribution in [3.63, 3.8) is 0 Å². The second-order valence-electron chi connectivity index (χ2n) is 4.85. The van der Waals surface area contributed by atoms with E-state index in [9.17, 15) is 0 Å². The van der Waals surface area contributed by atoms with Crippen molar-refractivity contribution < 1.29 is 4.74 Å². The summed E-state index contributed by atoms with van der Waals surface area (Å²) in [7, 11) is 0. The number of hydrogen-bond acceptors (Lipinski definition) is 6. The van der Waals surface area contributed by atoms with Gasteiger partial charge in [0.25, 0.3) is 0 Å². The molecule has 0 aliphatic rings. The number of aryl methyl sites for hydroxylation is 1. The molecule has 5 nitrogen and oxygen atoms in total. The highest BCUT2D eigenvalue weighted by Gasteiger charge is 2.12. The zero-order valence-electron chi connectivity index (χ0n) is 12.8. The lowest BCUT2D eigenvalue weighted by molar-refractivity contribution is 0.343. The van der Waals surface area contributed by atoms with Crippen LogP contribution in [0.5, 0.6) is 5.75 Å². The van der Waals surface area contributed by atoms with Gasteiger partial charge in [-0.1, -0.05) is 36.9 Å². The Labute approximate surface area is 143 Å². The molecular formula is C16H18N4OS2. The van der Waals surface area contributed by atoms with Crippen LogP contribution in [0.3, 0.4) is 0 Å². The summed E-state index contributed by atoms with van der Waals surface area (Å²) in [6.07, 6.45) is 1.01. The average molecular weight is 346 g/mol. The molecule has 0 spiro atoms. The van der Waals surface area contributed by atoms with Gasteiger partial charge in [0, 0.05) is 5.75 Å². The Bertz CT molecular complexity index is 755. The first-order valence-corrected chi connectivity index (χ1v) is 9.23. The van der Waals surface area contributed by atoms with Gasteiger partial charge in [0.1, 0.15) is 5.75 Å². The fourth-order valence-corrected chi connectivity index (χ4v) is 3.48. The molecule has 2 N–H and O–H groups in total. The number of nitrogens with two attached hydrogens (primary N) is 1. The summed E-state index contributed by atoms with van der Waals surface area (Å²) in [5, 5.41) is 11.0. The smallest absolute Gasteiger partial charge is 0.210 e. The van der Waals surface area contributed by atoms with Crippen molar-refractivity contribution in [3.05, 3.63) is 47.3 Å². The van der Waals surface area contributed by atoms with Gasteiger partial charge in [-0.25, -0.2) is 4.68 Å². The van der Waals surface area contributed by atoms with Crippen LogP contribution in [0.4, 0.5) is 0 Å². The van der Waals surface area contributed by atoms with E-state index in [2.05, 4.69) is 29.3 Å². The third-order valence-corrected chi connectivity index (χ3v) is 5.07. The summed E-state index contributed by atoms with van der Waals surface area (Å²) in [5.74, 6) is 8.42. The topological polar surface area (TPSA) is 66.0 Å². The average Bonchev–Trinajstić information content (AvgIpc) is 3.22. The SMILES string of the molecule is CCc1cccc(OCCSc2nnc(-c3cccs3)n2N)c1. The van der Waals surface area contributed by atoms with Gasteiger partial charge in [-0.3, -0.25) is 0 Å². The molecule has 0 aliphatic carbocycles. The fourth-order valence-electron chi connectivity index (χ4n) is 2.10. The van der Waals surface area contributed by atoms with Crippen molar-refractivity contribution in [2.45, 2.75) is 18.5 Å². The molecule has 23 heavy (non-hydrogen) atoms. The Hall–Kier alpha value is -1.99. The summed E-state index contributed by atoms with van der Waals surface area (Å²) in [6.45, 7) is 2.73. The van der Waals surface area contributed by atoms with Gasteiger partial charge in [0.05, 0.1) is 11.5 Å². The quantitative estimate of drug-likeness (QED) is 0.403. The van der Waals surface area contributed by atoms with Crippen LogP contribution in [0.25, 0.3) is 10.7 Å². The minimum Gasteiger partial charge on any atom is -0.493 e. The van der Waals surface area contributed by atoms with Crippen molar-refractivity contribution in [3.8, 4) is 16.5 Å². The summed E-state index contributed by atoms with van der Waals surface area (Å²) in [6, 6.07) is 12.1. The highest BCUT2D eigenvalue weighted by molar-refractivity contribution is 7.99. The normalized spacial score (nSPS) is 10.8. The molecule has 120 valence electrons. The van der Waals surface area contributed by atoms with Crippen molar-refractivity contribution >= 4 is 23.1 Å². The Morgan fingerprint density at radius 3 is 2.96 bits per heavy atom. The maximum Gasteiger partial charge on any atom is 0.210 e. The number of nitrogen functional groups attached to an aromatic ring is 1. The lowest BCUT2D eigenvalue weighted by Gasteiger charge is -2.07. The van der Waals surface area contributed by atoms with Gasteiger partial charge in [-0.2, -0.15) is 0 Å². The molecule has 0 amide bonds. The molecule has 3 rings (SSSR count). The largest absolute Gasteiger partial charge is 0.493 e. The summed E-state index contributed by atoms with van der Waals surface area (Å²) in [4.78, 5) is 1.01. The molecule has 0 unspecified atom stereocenters. The molecule has 1 aromatic carbocycles. The maximum absolute atomic E-state index is 6.06. The number of rotatable bonds is 7. The Morgan fingerprint density at radius 1 is 1.26 bits per heavy atom. The minimum atomic E-state index is 0.596. The van der Waals surface area contributed by atoms with Crippen molar-refractivity contribution in [2.75, 3.05) is 18.2 Å². The molecule has 0 saturated carbocycles. The van der Waals surface area contributed by atoms with Crippen LogP contribution in [0, 0.1) is 0 Å². The van der Waals surface area contributed by atoms with E-state index in [-0.39, 0.29) is 0 Å².